The van der Waals surface area contributed by atoms with Crippen LogP contribution in [-0.2, 0) is 9.47 Å². The molecule has 2 N–H and O–H groups in total. The van der Waals surface area contributed by atoms with Crippen molar-refractivity contribution < 1.29 is 13.9 Å². The number of rotatable bonds is 2. The summed E-state index contributed by atoms with van der Waals surface area (Å²) in [4.78, 5) is 0. The second-order valence-electron chi connectivity index (χ2n) is 5.87. The summed E-state index contributed by atoms with van der Waals surface area (Å²) in [5.74, 6) is 2.28. The Hall–Kier alpha value is -0.840. The summed E-state index contributed by atoms with van der Waals surface area (Å²) in [7, 11) is 0. The van der Waals surface area contributed by atoms with Crippen molar-refractivity contribution in [3.63, 3.8) is 0 Å². The van der Waals surface area contributed by atoms with Crippen LogP contribution < -0.4 is 5.73 Å². The Morgan fingerprint density at radius 3 is 2.74 bits per heavy atom. The first-order valence-corrected chi connectivity index (χ1v) is 7.22. The third kappa shape index (κ3) is 2.71. The molecule has 2 aliphatic rings. The Balaban J connectivity index is 1.70. The van der Waals surface area contributed by atoms with Crippen LogP contribution in [0.5, 0.6) is 0 Å². The molecule has 2 fully saturated rings. The maximum Gasteiger partial charge on any atom is 0.121 e. The summed E-state index contributed by atoms with van der Waals surface area (Å²) in [6.07, 6.45) is 4.03. The zero-order valence-electron chi connectivity index (χ0n) is 11.6. The van der Waals surface area contributed by atoms with Gasteiger partial charge in [0, 0.05) is 19.8 Å². The standard InChI is InChI=1S/C15H23NO3/c1-11-2-3-13(19-11)14(16)12-4-7-18-15(10-12)5-8-17-9-6-15/h2-3,12,14H,4-10,16H2,1H3. The minimum Gasteiger partial charge on any atom is -0.465 e. The van der Waals surface area contributed by atoms with E-state index in [1.54, 1.807) is 0 Å². The highest BCUT2D eigenvalue weighted by atomic mass is 16.5. The molecule has 3 heterocycles. The number of furan rings is 1. The van der Waals surface area contributed by atoms with Gasteiger partial charge in [0.05, 0.1) is 11.6 Å². The highest BCUT2D eigenvalue weighted by Crippen LogP contribution is 2.41. The molecule has 2 aliphatic heterocycles. The summed E-state index contributed by atoms with van der Waals surface area (Å²) in [6.45, 7) is 4.38. The van der Waals surface area contributed by atoms with Crippen LogP contribution in [0.1, 0.15) is 43.2 Å². The lowest BCUT2D eigenvalue weighted by molar-refractivity contribution is -0.149. The summed E-state index contributed by atoms with van der Waals surface area (Å²) < 4.78 is 17.2. The summed E-state index contributed by atoms with van der Waals surface area (Å²) in [6, 6.07) is 3.97. The monoisotopic (exact) mass is 265 g/mol. The van der Waals surface area contributed by atoms with E-state index in [2.05, 4.69) is 0 Å². The van der Waals surface area contributed by atoms with Crippen molar-refractivity contribution in [2.45, 2.75) is 44.2 Å². The predicted octanol–water partition coefficient (Wildman–Crippen LogP) is 2.56. The molecule has 0 bridgehead atoms. The van der Waals surface area contributed by atoms with Gasteiger partial charge >= 0.3 is 0 Å². The van der Waals surface area contributed by atoms with Crippen molar-refractivity contribution >= 4 is 0 Å². The first kappa shape index (κ1) is 13.2. The number of nitrogens with two attached hydrogens (primary N) is 1. The van der Waals surface area contributed by atoms with Gasteiger partial charge in [0.1, 0.15) is 11.5 Å². The zero-order valence-corrected chi connectivity index (χ0v) is 11.6. The molecule has 0 amide bonds. The quantitative estimate of drug-likeness (QED) is 0.893. The minimum absolute atomic E-state index is 0.000421. The molecule has 19 heavy (non-hydrogen) atoms. The van der Waals surface area contributed by atoms with Gasteiger partial charge in [-0.1, -0.05) is 0 Å². The average molecular weight is 265 g/mol. The second-order valence-corrected chi connectivity index (χ2v) is 5.87. The Kier molecular flexibility index (Phi) is 3.65. The van der Waals surface area contributed by atoms with E-state index in [0.29, 0.717) is 5.92 Å². The lowest BCUT2D eigenvalue weighted by Gasteiger charge is -2.44. The Labute approximate surface area is 114 Å². The summed E-state index contributed by atoms with van der Waals surface area (Å²) in [5, 5.41) is 0. The molecule has 1 aromatic heterocycles. The van der Waals surface area contributed by atoms with Gasteiger partial charge in [-0.05, 0) is 50.7 Å². The van der Waals surface area contributed by atoms with E-state index in [0.717, 1.165) is 57.0 Å². The van der Waals surface area contributed by atoms with E-state index in [4.69, 9.17) is 19.6 Å². The normalized spacial score (nSPS) is 28.4. The van der Waals surface area contributed by atoms with Crippen molar-refractivity contribution in [2.75, 3.05) is 19.8 Å². The van der Waals surface area contributed by atoms with Crippen LogP contribution in [0.25, 0.3) is 0 Å². The molecule has 2 saturated heterocycles. The molecule has 0 radical (unpaired) electrons. The molecule has 0 saturated carbocycles. The zero-order chi connectivity index (χ0) is 13.3. The Bertz CT molecular complexity index is 417. The lowest BCUT2D eigenvalue weighted by Crippen LogP contribution is -2.46. The first-order valence-electron chi connectivity index (χ1n) is 7.22. The van der Waals surface area contributed by atoms with Gasteiger partial charge in [0.15, 0.2) is 0 Å². The highest BCUT2D eigenvalue weighted by Gasteiger charge is 2.41. The Morgan fingerprint density at radius 1 is 1.26 bits per heavy atom. The van der Waals surface area contributed by atoms with E-state index < -0.39 is 0 Å². The third-order valence-corrected chi connectivity index (χ3v) is 4.53. The van der Waals surface area contributed by atoms with Gasteiger partial charge in [-0.25, -0.2) is 0 Å². The molecule has 3 rings (SSSR count). The van der Waals surface area contributed by atoms with Gasteiger partial charge in [0.25, 0.3) is 0 Å². The molecular formula is C15H23NO3. The van der Waals surface area contributed by atoms with Crippen molar-refractivity contribution in [3.8, 4) is 0 Å². The maximum atomic E-state index is 6.39. The number of ether oxygens (including phenoxy) is 2. The van der Waals surface area contributed by atoms with E-state index in [-0.39, 0.29) is 11.6 Å². The van der Waals surface area contributed by atoms with Crippen molar-refractivity contribution in [3.05, 3.63) is 23.7 Å². The van der Waals surface area contributed by atoms with E-state index in [9.17, 15) is 0 Å². The third-order valence-electron chi connectivity index (χ3n) is 4.53. The smallest absolute Gasteiger partial charge is 0.121 e. The fourth-order valence-corrected chi connectivity index (χ4v) is 3.33. The molecule has 106 valence electrons. The number of hydrogen-bond donors (Lipinski definition) is 1. The Morgan fingerprint density at radius 2 is 2.05 bits per heavy atom. The number of aryl methyl sites for hydroxylation is 1. The summed E-state index contributed by atoms with van der Waals surface area (Å²) in [5.41, 5.74) is 6.39. The fourth-order valence-electron chi connectivity index (χ4n) is 3.33. The lowest BCUT2D eigenvalue weighted by atomic mass is 9.77. The maximum absolute atomic E-state index is 6.39. The SMILES string of the molecule is Cc1ccc(C(N)C2CCOC3(CCOCC3)C2)o1. The first-order chi connectivity index (χ1) is 9.19. The van der Waals surface area contributed by atoms with Crippen molar-refractivity contribution in [1.29, 1.82) is 0 Å². The van der Waals surface area contributed by atoms with Crippen LogP contribution in [0, 0.1) is 12.8 Å². The van der Waals surface area contributed by atoms with Crippen LogP contribution in [0.3, 0.4) is 0 Å². The average Bonchev–Trinajstić information content (AvgIpc) is 2.85. The van der Waals surface area contributed by atoms with Gasteiger partial charge in [-0.15, -0.1) is 0 Å². The molecule has 0 aliphatic carbocycles. The molecule has 2 unspecified atom stereocenters. The van der Waals surface area contributed by atoms with E-state index >= 15 is 0 Å². The van der Waals surface area contributed by atoms with E-state index in [1.165, 1.54) is 0 Å². The number of hydrogen-bond acceptors (Lipinski definition) is 4. The largest absolute Gasteiger partial charge is 0.465 e. The fraction of sp³-hybridized carbons (Fsp3) is 0.733. The molecule has 1 aromatic rings. The topological polar surface area (TPSA) is 57.6 Å². The second kappa shape index (κ2) is 5.27. The molecule has 4 nitrogen and oxygen atoms in total. The van der Waals surface area contributed by atoms with Gasteiger partial charge in [-0.2, -0.15) is 0 Å². The van der Waals surface area contributed by atoms with Crippen molar-refractivity contribution in [1.82, 2.24) is 0 Å². The summed E-state index contributed by atoms with van der Waals surface area (Å²) >= 11 is 0. The molecular weight excluding hydrogens is 242 g/mol. The van der Waals surface area contributed by atoms with Crippen LogP contribution in [0.15, 0.2) is 16.5 Å². The molecule has 1 spiro atoms. The molecule has 4 heteroatoms. The predicted molar refractivity (Wildman–Crippen MR) is 71.8 cm³/mol. The minimum atomic E-state index is -0.0164. The molecule has 2 atom stereocenters. The highest BCUT2D eigenvalue weighted by molar-refractivity contribution is 5.11. The van der Waals surface area contributed by atoms with Crippen LogP contribution in [-0.4, -0.2) is 25.4 Å². The van der Waals surface area contributed by atoms with Crippen molar-refractivity contribution in [2.24, 2.45) is 11.7 Å². The van der Waals surface area contributed by atoms with Crippen LogP contribution >= 0.6 is 0 Å². The molecule has 0 aromatic carbocycles. The van der Waals surface area contributed by atoms with Crippen LogP contribution in [0.4, 0.5) is 0 Å². The van der Waals surface area contributed by atoms with Crippen LogP contribution in [0.2, 0.25) is 0 Å². The van der Waals surface area contributed by atoms with Gasteiger partial charge < -0.3 is 19.6 Å². The van der Waals surface area contributed by atoms with Gasteiger partial charge in [-0.3, -0.25) is 0 Å². The van der Waals surface area contributed by atoms with E-state index in [1.807, 2.05) is 19.1 Å². The van der Waals surface area contributed by atoms with Gasteiger partial charge in [0.2, 0.25) is 0 Å².